The van der Waals surface area contributed by atoms with E-state index in [2.05, 4.69) is 16.9 Å². The van der Waals surface area contributed by atoms with Crippen molar-refractivity contribution in [3.8, 4) is 0 Å². The number of guanidine groups is 1. The summed E-state index contributed by atoms with van der Waals surface area (Å²) in [4.78, 5) is 4.23. The second-order valence-electron chi connectivity index (χ2n) is 5.42. The lowest BCUT2D eigenvalue weighted by atomic mass is 10.2. The second-order valence-corrected chi connectivity index (χ2v) is 7.43. The summed E-state index contributed by atoms with van der Waals surface area (Å²) in [6.07, 6.45) is 0.680. The Kier molecular flexibility index (Phi) is 7.33. The molecular weight excluding hydrogens is 427 g/mol. The van der Waals surface area contributed by atoms with Crippen LogP contribution in [-0.4, -0.2) is 33.2 Å². The van der Waals surface area contributed by atoms with Gasteiger partial charge in [0, 0.05) is 13.1 Å². The number of sulfonamides is 1. The Hall–Kier alpha value is -1.29. The van der Waals surface area contributed by atoms with Gasteiger partial charge in [-0.2, -0.15) is 0 Å². The minimum absolute atomic E-state index is 0. The van der Waals surface area contributed by atoms with Gasteiger partial charge in [-0.25, -0.2) is 13.4 Å². The summed E-state index contributed by atoms with van der Waals surface area (Å²) in [5.41, 5.74) is 8.41. The number of hydrogen-bond donors (Lipinski definition) is 2. The first-order chi connectivity index (χ1) is 10.4. The largest absolute Gasteiger partial charge is 0.370 e. The molecule has 128 valence electrons. The Bertz CT molecular complexity index is 671. The summed E-state index contributed by atoms with van der Waals surface area (Å²) >= 11 is 0. The maximum absolute atomic E-state index is 11.9. The summed E-state index contributed by atoms with van der Waals surface area (Å²) in [6.45, 7) is 7.28. The quantitative estimate of drug-likeness (QED) is 0.310. The molecule has 1 saturated heterocycles. The van der Waals surface area contributed by atoms with E-state index < -0.39 is 10.0 Å². The zero-order valence-corrected chi connectivity index (χ0v) is 16.3. The summed E-state index contributed by atoms with van der Waals surface area (Å²) < 4.78 is 25.2. The van der Waals surface area contributed by atoms with Crippen molar-refractivity contribution in [3.63, 3.8) is 0 Å². The smallest absolute Gasteiger partial charge is 0.235 e. The van der Waals surface area contributed by atoms with Crippen molar-refractivity contribution in [2.75, 3.05) is 23.1 Å². The molecule has 0 aromatic heterocycles. The van der Waals surface area contributed by atoms with Crippen LogP contribution in [0.2, 0.25) is 0 Å². The normalized spacial score (nSPS) is 16.7. The molecule has 0 amide bonds. The third-order valence-electron chi connectivity index (χ3n) is 3.33. The Morgan fingerprint density at radius 2 is 2.04 bits per heavy atom. The number of nitrogens with two attached hydrogens (primary N) is 1. The standard InChI is InChI=1S/C15H22N4O2S.HI/c1-12(2)10-17-15(16)18-11-13-4-6-14(7-5-13)19-8-3-9-22(19,20)21;/h4-7H,1,3,8-11H2,2H3,(H3,16,17,18);1H. The fourth-order valence-corrected chi connectivity index (χ4v) is 3.74. The van der Waals surface area contributed by atoms with Gasteiger partial charge in [-0.15, -0.1) is 24.0 Å². The van der Waals surface area contributed by atoms with Crippen LogP contribution in [0, 0.1) is 0 Å². The third-order valence-corrected chi connectivity index (χ3v) is 5.20. The number of benzene rings is 1. The Morgan fingerprint density at radius 3 is 2.57 bits per heavy atom. The van der Waals surface area contributed by atoms with Crippen molar-refractivity contribution < 1.29 is 8.42 Å². The van der Waals surface area contributed by atoms with Crippen molar-refractivity contribution in [2.45, 2.75) is 19.9 Å². The maximum Gasteiger partial charge on any atom is 0.235 e. The second kappa shape index (κ2) is 8.53. The van der Waals surface area contributed by atoms with Crippen LogP contribution >= 0.6 is 24.0 Å². The minimum Gasteiger partial charge on any atom is -0.370 e. The molecule has 0 atom stereocenters. The van der Waals surface area contributed by atoms with Crippen molar-refractivity contribution in [3.05, 3.63) is 42.0 Å². The van der Waals surface area contributed by atoms with Crippen molar-refractivity contribution in [1.82, 2.24) is 5.32 Å². The lowest BCUT2D eigenvalue weighted by Crippen LogP contribution is -2.32. The van der Waals surface area contributed by atoms with E-state index in [-0.39, 0.29) is 29.7 Å². The van der Waals surface area contributed by atoms with E-state index in [1.165, 1.54) is 4.31 Å². The minimum atomic E-state index is -3.13. The predicted molar refractivity (Wildman–Crippen MR) is 106 cm³/mol. The number of nitrogens with zero attached hydrogens (tertiary/aromatic N) is 2. The molecule has 0 spiro atoms. The monoisotopic (exact) mass is 450 g/mol. The number of rotatable bonds is 5. The molecule has 1 aromatic rings. The summed E-state index contributed by atoms with van der Waals surface area (Å²) in [7, 11) is -3.13. The Balaban J connectivity index is 0.00000264. The fraction of sp³-hybridized carbons (Fsp3) is 0.400. The van der Waals surface area contributed by atoms with Gasteiger partial charge in [-0.3, -0.25) is 4.31 Å². The number of hydrogen-bond acceptors (Lipinski definition) is 3. The molecule has 1 aromatic carbocycles. The van der Waals surface area contributed by atoms with E-state index in [1.807, 2.05) is 31.2 Å². The molecule has 0 bridgehead atoms. The summed E-state index contributed by atoms with van der Waals surface area (Å²) in [5, 5.41) is 2.96. The van der Waals surface area contributed by atoms with E-state index >= 15 is 0 Å². The lowest BCUT2D eigenvalue weighted by Gasteiger charge is -2.16. The molecule has 3 N–H and O–H groups in total. The van der Waals surface area contributed by atoms with Gasteiger partial charge >= 0.3 is 0 Å². The average Bonchev–Trinajstić information content (AvgIpc) is 2.83. The van der Waals surface area contributed by atoms with Gasteiger partial charge in [0.1, 0.15) is 0 Å². The van der Waals surface area contributed by atoms with Gasteiger partial charge in [0.2, 0.25) is 10.0 Å². The van der Waals surface area contributed by atoms with Crippen molar-refractivity contribution in [1.29, 1.82) is 0 Å². The van der Waals surface area contributed by atoms with E-state index in [0.717, 1.165) is 11.1 Å². The van der Waals surface area contributed by atoms with Crippen molar-refractivity contribution in [2.24, 2.45) is 10.7 Å². The average molecular weight is 450 g/mol. The highest BCUT2D eigenvalue weighted by Crippen LogP contribution is 2.24. The molecule has 8 heteroatoms. The molecule has 0 unspecified atom stereocenters. The van der Waals surface area contributed by atoms with Gasteiger partial charge in [0.15, 0.2) is 5.96 Å². The van der Waals surface area contributed by atoms with E-state index in [9.17, 15) is 8.42 Å². The van der Waals surface area contributed by atoms with Gasteiger partial charge in [-0.1, -0.05) is 24.3 Å². The first kappa shape index (κ1) is 19.8. The molecule has 1 fully saturated rings. The van der Waals surface area contributed by atoms with E-state index in [0.29, 0.717) is 37.7 Å². The maximum atomic E-state index is 11.9. The molecule has 1 heterocycles. The van der Waals surface area contributed by atoms with Crippen LogP contribution in [0.15, 0.2) is 41.4 Å². The number of anilines is 1. The SMILES string of the molecule is C=C(C)CNC(N)=NCc1ccc(N2CCCS2(=O)=O)cc1.I. The van der Waals surface area contributed by atoms with Crippen molar-refractivity contribution >= 4 is 45.6 Å². The Labute approximate surface area is 154 Å². The number of nitrogens with one attached hydrogen (secondary N) is 1. The Morgan fingerprint density at radius 1 is 1.39 bits per heavy atom. The zero-order chi connectivity index (χ0) is 16.2. The van der Waals surface area contributed by atoms with Crippen LogP contribution in [0.5, 0.6) is 0 Å². The first-order valence-electron chi connectivity index (χ1n) is 7.16. The number of aliphatic imine (C=N–C) groups is 1. The van der Waals surface area contributed by atoms with Crippen LogP contribution in [0.4, 0.5) is 5.69 Å². The zero-order valence-electron chi connectivity index (χ0n) is 13.2. The molecule has 0 aliphatic carbocycles. The van der Waals surface area contributed by atoms with Crippen LogP contribution < -0.4 is 15.4 Å². The molecule has 0 saturated carbocycles. The van der Waals surface area contributed by atoms with Crippen LogP contribution in [0.3, 0.4) is 0 Å². The predicted octanol–water partition coefficient (Wildman–Crippen LogP) is 1.82. The molecule has 1 aliphatic heterocycles. The summed E-state index contributed by atoms with van der Waals surface area (Å²) in [6, 6.07) is 7.37. The number of halogens is 1. The van der Waals surface area contributed by atoms with Gasteiger partial charge in [-0.05, 0) is 31.0 Å². The van der Waals surface area contributed by atoms with Gasteiger partial charge < -0.3 is 11.1 Å². The topological polar surface area (TPSA) is 87.8 Å². The highest BCUT2D eigenvalue weighted by molar-refractivity contribution is 14.0. The molecule has 6 nitrogen and oxygen atoms in total. The van der Waals surface area contributed by atoms with Gasteiger partial charge in [0.25, 0.3) is 0 Å². The van der Waals surface area contributed by atoms with E-state index in [4.69, 9.17) is 5.73 Å². The van der Waals surface area contributed by atoms with Crippen LogP contribution in [0.1, 0.15) is 18.9 Å². The molecule has 23 heavy (non-hydrogen) atoms. The third kappa shape index (κ3) is 5.69. The van der Waals surface area contributed by atoms with Gasteiger partial charge in [0.05, 0.1) is 18.0 Å². The lowest BCUT2D eigenvalue weighted by molar-refractivity contribution is 0.599. The molecular formula is C15H23IN4O2S. The van der Waals surface area contributed by atoms with Crippen LogP contribution in [0.25, 0.3) is 0 Å². The first-order valence-corrected chi connectivity index (χ1v) is 8.77. The molecule has 1 aliphatic rings. The van der Waals surface area contributed by atoms with Crippen LogP contribution in [-0.2, 0) is 16.6 Å². The summed E-state index contributed by atoms with van der Waals surface area (Å²) in [5.74, 6) is 0.596. The molecule has 0 radical (unpaired) electrons. The fourth-order valence-electron chi connectivity index (χ4n) is 2.17. The molecule has 2 rings (SSSR count). The van der Waals surface area contributed by atoms with E-state index in [1.54, 1.807) is 0 Å². The highest BCUT2D eigenvalue weighted by Gasteiger charge is 2.28. The highest BCUT2D eigenvalue weighted by atomic mass is 127.